The molecule has 25 heavy (non-hydrogen) atoms. The highest BCUT2D eigenvalue weighted by Crippen LogP contribution is 2.19. The first-order chi connectivity index (χ1) is 12.0. The number of amides is 1. The number of aryl methyl sites for hydroxylation is 1. The van der Waals surface area contributed by atoms with Crippen LogP contribution >= 0.6 is 0 Å². The van der Waals surface area contributed by atoms with Crippen molar-refractivity contribution < 1.29 is 9.53 Å². The summed E-state index contributed by atoms with van der Waals surface area (Å²) in [7, 11) is 0. The van der Waals surface area contributed by atoms with Crippen molar-refractivity contribution in [2.75, 3.05) is 32.8 Å². The minimum absolute atomic E-state index is 0.0561. The number of hydrogen-bond donors (Lipinski definition) is 2. The van der Waals surface area contributed by atoms with E-state index in [1.807, 2.05) is 31.2 Å². The van der Waals surface area contributed by atoms with E-state index in [9.17, 15) is 4.79 Å². The third-order valence-electron chi connectivity index (χ3n) is 4.69. The Labute approximate surface area is 148 Å². The van der Waals surface area contributed by atoms with Crippen molar-refractivity contribution in [2.45, 2.75) is 26.3 Å². The molecule has 0 atom stereocenters. The molecular formula is C19H26N4O2. The van der Waals surface area contributed by atoms with Gasteiger partial charge in [-0.05, 0) is 32.9 Å². The fraction of sp³-hybridized carbons (Fsp3) is 0.474. The molecule has 134 valence electrons. The number of imidazole rings is 1. The highest BCUT2D eigenvalue weighted by molar-refractivity contribution is 5.95. The Morgan fingerprint density at radius 3 is 2.80 bits per heavy atom. The van der Waals surface area contributed by atoms with E-state index in [0.29, 0.717) is 12.1 Å². The fourth-order valence-electron chi connectivity index (χ4n) is 3.07. The number of aromatic amines is 1. The van der Waals surface area contributed by atoms with Crippen LogP contribution in [0.5, 0.6) is 0 Å². The number of aromatic nitrogens is 2. The highest BCUT2D eigenvalue weighted by Gasteiger charge is 2.28. The van der Waals surface area contributed by atoms with Crippen LogP contribution in [0.1, 0.15) is 30.0 Å². The van der Waals surface area contributed by atoms with Crippen molar-refractivity contribution in [3.63, 3.8) is 0 Å². The Balaban J connectivity index is 1.65. The van der Waals surface area contributed by atoms with Crippen LogP contribution in [-0.2, 0) is 4.74 Å². The summed E-state index contributed by atoms with van der Waals surface area (Å²) in [5.41, 5.74) is 2.43. The van der Waals surface area contributed by atoms with Crippen molar-refractivity contribution in [1.29, 1.82) is 0 Å². The average Bonchev–Trinajstić information content (AvgIpc) is 3.07. The van der Waals surface area contributed by atoms with Gasteiger partial charge in [0.2, 0.25) is 0 Å². The van der Waals surface area contributed by atoms with Gasteiger partial charge in [-0.25, -0.2) is 4.98 Å². The lowest BCUT2D eigenvalue weighted by Gasteiger charge is -2.40. The minimum atomic E-state index is -0.0997. The first-order valence-corrected chi connectivity index (χ1v) is 8.69. The van der Waals surface area contributed by atoms with Gasteiger partial charge in [0.05, 0.1) is 25.1 Å². The molecule has 0 unspecified atom stereocenters. The molecule has 2 N–H and O–H groups in total. The van der Waals surface area contributed by atoms with Crippen LogP contribution in [-0.4, -0.2) is 59.2 Å². The lowest BCUT2D eigenvalue weighted by molar-refractivity contribution is -0.00923. The number of morpholine rings is 1. The number of benzene rings is 1. The van der Waals surface area contributed by atoms with Crippen LogP contribution in [0, 0.1) is 6.92 Å². The lowest BCUT2D eigenvalue weighted by Crippen LogP contribution is -2.55. The zero-order chi connectivity index (χ0) is 17.9. The topological polar surface area (TPSA) is 70.2 Å². The van der Waals surface area contributed by atoms with Crippen molar-refractivity contribution >= 4 is 5.91 Å². The molecule has 1 aromatic carbocycles. The maximum atomic E-state index is 12.6. The van der Waals surface area contributed by atoms with Crippen molar-refractivity contribution in [3.05, 3.63) is 41.9 Å². The number of carbonyl (C=O) groups is 1. The minimum Gasteiger partial charge on any atom is -0.379 e. The molecule has 6 heteroatoms. The van der Waals surface area contributed by atoms with Crippen LogP contribution < -0.4 is 5.32 Å². The van der Waals surface area contributed by atoms with E-state index >= 15 is 0 Å². The molecule has 1 saturated heterocycles. The van der Waals surface area contributed by atoms with Gasteiger partial charge < -0.3 is 15.0 Å². The second-order valence-corrected chi connectivity index (χ2v) is 7.06. The molecule has 2 heterocycles. The standard InChI is InChI=1S/C19H26N4O2/c1-14-20-12-17(22-14)15-5-4-6-16(11-15)18(24)21-13-19(2,3)23-7-9-25-10-8-23/h4-6,11-12H,7-10,13H2,1-3H3,(H,20,22)(H,21,24). The molecule has 1 aromatic heterocycles. The number of hydrogen-bond acceptors (Lipinski definition) is 4. The van der Waals surface area contributed by atoms with Gasteiger partial charge in [0, 0.05) is 36.3 Å². The van der Waals surface area contributed by atoms with E-state index < -0.39 is 0 Å². The molecule has 0 radical (unpaired) electrons. The zero-order valence-corrected chi connectivity index (χ0v) is 15.1. The van der Waals surface area contributed by atoms with Gasteiger partial charge in [-0.2, -0.15) is 0 Å². The Hall–Kier alpha value is -2.18. The smallest absolute Gasteiger partial charge is 0.251 e. The Kier molecular flexibility index (Phi) is 5.20. The summed E-state index contributed by atoms with van der Waals surface area (Å²) >= 11 is 0. The monoisotopic (exact) mass is 342 g/mol. The van der Waals surface area contributed by atoms with E-state index in [2.05, 4.69) is 34.0 Å². The second kappa shape index (κ2) is 7.37. The van der Waals surface area contributed by atoms with Gasteiger partial charge in [-0.1, -0.05) is 12.1 Å². The first kappa shape index (κ1) is 17.6. The lowest BCUT2D eigenvalue weighted by atomic mass is 10.0. The largest absolute Gasteiger partial charge is 0.379 e. The van der Waals surface area contributed by atoms with Crippen LogP contribution in [0.3, 0.4) is 0 Å². The number of ether oxygens (including phenoxy) is 1. The summed E-state index contributed by atoms with van der Waals surface area (Å²) in [6, 6.07) is 7.60. The molecule has 1 aliphatic heterocycles. The average molecular weight is 342 g/mol. The number of carbonyl (C=O) groups excluding carboxylic acids is 1. The maximum Gasteiger partial charge on any atom is 0.251 e. The number of nitrogens with one attached hydrogen (secondary N) is 2. The summed E-state index contributed by atoms with van der Waals surface area (Å²) in [6.07, 6.45) is 1.79. The third-order valence-corrected chi connectivity index (χ3v) is 4.69. The fourth-order valence-corrected chi connectivity index (χ4v) is 3.07. The van der Waals surface area contributed by atoms with Gasteiger partial charge in [0.25, 0.3) is 5.91 Å². The van der Waals surface area contributed by atoms with E-state index in [4.69, 9.17) is 4.74 Å². The molecular weight excluding hydrogens is 316 g/mol. The van der Waals surface area contributed by atoms with E-state index in [0.717, 1.165) is 43.4 Å². The summed E-state index contributed by atoms with van der Waals surface area (Å²) in [4.78, 5) is 22.4. The first-order valence-electron chi connectivity index (χ1n) is 8.69. The molecule has 1 fully saturated rings. The molecule has 6 nitrogen and oxygen atoms in total. The van der Waals surface area contributed by atoms with E-state index in [1.165, 1.54) is 0 Å². The van der Waals surface area contributed by atoms with Gasteiger partial charge in [0.15, 0.2) is 0 Å². The van der Waals surface area contributed by atoms with E-state index in [1.54, 1.807) is 6.20 Å². The molecule has 1 aliphatic rings. The Morgan fingerprint density at radius 1 is 1.36 bits per heavy atom. The molecule has 0 spiro atoms. The third kappa shape index (κ3) is 4.27. The highest BCUT2D eigenvalue weighted by atomic mass is 16.5. The quantitative estimate of drug-likeness (QED) is 0.874. The van der Waals surface area contributed by atoms with Gasteiger partial charge in [0.1, 0.15) is 5.82 Å². The van der Waals surface area contributed by atoms with Gasteiger partial charge in [-0.3, -0.25) is 9.69 Å². The van der Waals surface area contributed by atoms with Gasteiger partial charge >= 0.3 is 0 Å². The Morgan fingerprint density at radius 2 is 2.12 bits per heavy atom. The molecule has 0 saturated carbocycles. The Bertz CT molecular complexity index is 733. The normalized spacial score (nSPS) is 16.0. The number of nitrogens with zero attached hydrogens (tertiary/aromatic N) is 2. The van der Waals surface area contributed by atoms with Crippen LogP contribution in [0.2, 0.25) is 0 Å². The van der Waals surface area contributed by atoms with Crippen molar-refractivity contribution in [1.82, 2.24) is 20.2 Å². The number of H-pyrrole nitrogens is 1. The number of rotatable bonds is 5. The van der Waals surface area contributed by atoms with Crippen molar-refractivity contribution in [2.24, 2.45) is 0 Å². The van der Waals surface area contributed by atoms with Crippen LogP contribution in [0.15, 0.2) is 30.5 Å². The molecule has 0 bridgehead atoms. The molecule has 0 aliphatic carbocycles. The van der Waals surface area contributed by atoms with E-state index in [-0.39, 0.29) is 11.4 Å². The predicted octanol–water partition coefficient (Wildman–Crippen LogP) is 2.23. The van der Waals surface area contributed by atoms with Crippen LogP contribution in [0.25, 0.3) is 11.3 Å². The molecule has 2 aromatic rings. The predicted molar refractivity (Wildman–Crippen MR) is 97.6 cm³/mol. The molecule has 1 amide bonds. The summed E-state index contributed by atoms with van der Waals surface area (Å²) in [6.45, 7) is 10.1. The maximum absolute atomic E-state index is 12.6. The van der Waals surface area contributed by atoms with Crippen molar-refractivity contribution in [3.8, 4) is 11.3 Å². The van der Waals surface area contributed by atoms with Crippen LogP contribution in [0.4, 0.5) is 0 Å². The molecule has 3 rings (SSSR count). The second-order valence-electron chi connectivity index (χ2n) is 7.06. The SMILES string of the molecule is Cc1ncc(-c2cccc(C(=O)NCC(C)(C)N3CCOCC3)c2)[nH]1. The summed E-state index contributed by atoms with van der Waals surface area (Å²) < 4.78 is 5.41. The van der Waals surface area contributed by atoms with Gasteiger partial charge in [-0.15, -0.1) is 0 Å². The summed E-state index contributed by atoms with van der Waals surface area (Å²) in [5, 5.41) is 3.07. The zero-order valence-electron chi connectivity index (χ0n) is 15.1. The summed E-state index contributed by atoms with van der Waals surface area (Å²) in [5.74, 6) is 0.802.